The van der Waals surface area contributed by atoms with Crippen molar-refractivity contribution in [3.63, 3.8) is 0 Å². The van der Waals surface area contributed by atoms with Gasteiger partial charge in [-0.15, -0.1) is 0 Å². The van der Waals surface area contributed by atoms with Gasteiger partial charge in [0.2, 0.25) is 0 Å². The maximum absolute atomic E-state index is 8.78. The Morgan fingerprint density at radius 1 is 1.75 bits per heavy atom. The molecule has 0 aliphatic rings. The van der Waals surface area contributed by atoms with Crippen molar-refractivity contribution in [1.82, 2.24) is 5.01 Å². The lowest BCUT2D eigenvalue weighted by atomic mass is 10.3. The number of aliphatic hydroxyl groups is 1. The van der Waals surface area contributed by atoms with Crippen LogP contribution >= 0.6 is 0 Å². The van der Waals surface area contributed by atoms with Crippen LogP contribution in [0.15, 0.2) is 0 Å². The van der Waals surface area contributed by atoms with Crippen LogP contribution in [0.5, 0.6) is 0 Å². The average Bonchev–Trinajstić information content (AvgIpc) is 1.65. The molecular weight excluding hydrogens is 106 g/mol. The highest BCUT2D eigenvalue weighted by atomic mass is 16.3. The predicted octanol–water partition coefficient (Wildman–Crippen LogP) is -1.89. The molecule has 0 radical (unpaired) electrons. The summed E-state index contributed by atoms with van der Waals surface area (Å²) in [6.45, 7) is 0.692. The van der Waals surface area contributed by atoms with E-state index < -0.39 is 6.10 Å². The Morgan fingerprint density at radius 3 is 2.38 bits per heavy atom. The zero-order valence-electron chi connectivity index (χ0n) is 5.04. The molecule has 0 unspecified atom stereocenters. The summed E-state index contributed by atoms with van der Waals surface area (Å²) in [5.74, 6) is 5.19. The van der Waals surface area contributed by atoms with E-state index in [2.05, 4.69) is 0 Å². The fraction of sp³-hybridized carbons (Fsp3) is 1.00. The lowest BCUT2D eigenvalue weighted by molar-refractivity contribution is 0.133. The van der Waals surface area contributed by atoms with Crippen molar-refractivity contribution in [2.75, 3.05) is 20.1 Å². The third-order valence-corrected chi connectivity index (χ3v) is 0.771. The van der Waals surface area contributed by atoms with E-state index in [1.807, 2.05) is 0 Å². The summed E-state index contributed by atoms with van der Waals surface area (Å²) in [7, 11) is 1.68. The first-order valence-electron chi connectivity index (χ1n) is 2.50. The molecule has 0 heterocycles. The number of likely N-dealkylation sites (N-methyl/N-ethyl adjacent to an activating group) is 1. The highest BCUT2D eigenvalue weighted by Gasteiger charge is 2.00. The summed E-state index contributed by atoms with van der Waals surface area (Å²) in [6, 6.07) is 0. The smallest absolute Gasteiger partial charge is 0.0802 e. The number of hydrogen-bond donors (Lipinski definition) is 3. The molecule has 0 aliphatic heterocycles. The Balaban J connectivity index is 3.10. The van der Waals surface area contributed by atoms with Gasteiger partial charge in [0.15, 0.2) is 0 Å². The molecule has 0 fully saturated rings. The van der Waals surface area contributed by atoms with Gasteiger partial charge in [-0.3, -0.25) is 5.84 Å². The Kier molecular flexibility index (Phi) is 3.72. The normalized spacial score (nSPS) is 14.6. The summed E-state index contributed by atoms with van der Waals surface area (Å²) in [4.78, 5) is 0. The molecule has 50 valence electrons. The monoisotopic (exact) mass is 119 g/mol. The SMILES string of the molecule is CN(N)C[C@H](O)CN. The van der Waals surface area contributed by atoms with Gasteiger partial charge in [-0.25, -0.2) is 5.01 Å². The zero-order valence-corrected chi connectivity index (χ0v) is 5.04. The minimum Gasteiger partial charge on any atom is -0.390 e. The number of aliphatic hydroxyl groups excluding tert-OH is 1. The topological polar surface area (TPSA) is 75.5 Å². The molecule has 0 amide bonds. The van der Waals surface area contributed by atoms with Gasteiger partial charge in [0.1, 0.15) is 0 Å². The molecule has 1 atom stereocenters. The van der Waals surface area contributed by atoms with E-state index in [4.69, 9.17) is 16.7 Å². The van der Waals surface area contributed by atoms with Crippen LogP contribution in [0.25, 0.3) is 0 Å². The van der Waals surface area contributed by atoms with Gasteiger partial charge in [0, 0.05) is 20.1 Å². The van der Waals surface area contributed by atoms with Crippen molar-refractivity contribution < 1.29 is 5.11 Å². The average molecular weight is 119 g/mol. The van der Waals surface area contributed by atoms with Crippen molar-refractivity contribution in [2.45, 2.75) is 6.10 Å². The van der Waals surface area contributed by atoms with Crippen LogP contribution in [0, 0.1) is 0 Å². The van der Waals surface area contributed by atoms with Gasteiger partial charge < -0.3 is 10.8 Å². The summed E-state index contributed by atoms with van der Waals surface area (Å²) in [5, 5.41) is 10.2. The lowest BCUT2D eigenvalue weighted by Gasteiger charge is -2.12. The van der Waals surface area contributed by atoms with Gasteiger partial charge in [-0.05, 0) is 0 Å². The quantitative estimate of drug-likeness (QED) is 0.300. The third-order valence-electron chi connectivity index (χ3n) is 0.771. The Bertz CT molecular complexity index is 57.2. The van der Waals surface area contributed by atoms with Crippen molar-refractivity contribution >= 4 is 0 Å². The van der Waals surface area contributed by atoms with Crippen LogP contribution in [0.2, 0.25) is 0 Å². The molecule has 0 aliphatic carbocycles. The highest BCUT2D eigenvalue weighted by molar-refractivity contribution is 4.56. The van der Waals surface area contributed by atoms with Crippen molar-refractivity contribution in [3.8, 4) is 0 Å². The first-order chi connectivity index (χ1) is 3.66. The number of hydrazine groups is 1. The Labute approximate surface area is 49.0 Å². The zero-order chi connectivity index (χ0) is 6.57. The van der Waals surface area contributed by atoms with Crippen molar-refractivity contribution in [3.05, 3.63) is 0 Å². The van der Waals surface area contributed by atoms with Gasteiger partial charge >= 0.3 is 0 Å². The van der Waals surface area contributed by atoms with Crippen LogP contribution in [-0.2, 0) is 0 Å². The first kappa shape index (κ1) is 7.84. The summed E-state index contributed by atoms with van der Waals surface area (Å²) < 4.78 is 0. The fourth-order valence-corrected chi connectivity index (χ4v) is 0.407. The molecule has 4 nitrogen and oxygen atoms in total. The second kappa shape index (κ2) is 3.80. The molecule has 0 aromatic carbocycles. The van der Waals surface area contributed by atoms with E-state index in [1.54, 1.807) is 7.05 Å². The predicted molar refractivity (Wildman–Crippen MR) is 31.9 cm³/mol. The van der Waals surface area contributed by atoms with Crippen LogP contribution in [0.3, 0.4) is 0 Å². The molecule has 0 aromatic rings. The molecule has 0 saturated heterocycles. The Hall–Kier alpha value is -0.160. The van der Waals surface area contributed by atoms with Crippen LogP contribution in [0.1, 0.15) is 0 Å². The van der Waals surface area contributed by atoms with E-state index >= 15 is 0 Å². The minimum atomic E-state index is -0.495. The number of hydrogen-bond acceptors (Lipinski definition) is 4. The van der Waals surface area contributed by atoms with Crippen LogP contribution in [0.4, 0.5) is 0 Å². The van der Waals surface area contributed by atoms with E-state index in [0.717, 1.165) is 0 Å². The fourth-order valence-electron chi connectivity index (χ4n) is 0.407. The molecular formula is C4H13N3O. The molecule has 5 N–H and O–H groups in total. The lowest BCUT2D eigenvalue weighted by Crippen LogP contribution is -2.37. The van der Waals surface area contributed by atoms with E-state index in [0.29, 0.717) is 6.54 Å². The van der Waals surface area contributed by atoms with Crippen molar-refractivity contribution in [1.29, 1.82) is 0 Å². The first-order valence-corrected chi connectivity index (χ1v) is 2.50. The maximum atomic E-state index is 8.78. The van der Waals surface area contributed by atoms with E-state index in [9.17, 15) is 0 Å². The summed E-state index contributed by atoms with van der Waals surface area (Å²) in [5.41, 5.74) is 5.09. The van der Waals surface area contributed by atoms with Gasteiger partial charge in [-0.1, -0.05) is 0 Å². The van der Waals surface area contributed by atoms with E-state index in [-0.39, 0.29) is 6.54 Å². The summed E-state index contributed by atoms with van der Waals surface area (Å²) >= 11 is 0. The second-order valence-corrected chi connectivity index (χ2v) is 1.83. The van der Waals surface area contributed by atoms with E-state index in [1.165, 1.54) is 5.01 Å². The number of nitrogens with zero attached hydrogens (tertiary/aromatic N) is 1. The van der Waals surface area contributed by atoms with Gasteiger partial charge in [-0.2, -0.15) is 0 Å². The van der Waals surface area contributed by atoms with Crippen LogP contribution < -0.4 is 11.6 Å². The number of rotatable bonds is 3. The number of nitrogens with two attached hydrogens (primary N) is 2. The molecule has 0 aromatic heterocycles. The highest BCUT2D eigenvalue weighted by Crippen LogP contribution is 1.77. The Morgan fingerprint density at radius 2 is 2.25 bits per heavy atom. The standard InChI is InChI=1S/C4H13N3O/c1-7(6)3-4(8)2-5/h4,8H,2-3,5-6H2,1H3/t4-/m1/s1. The van der Waals surface area contributed by atoms with Crippen LogP contribution in [-0.4, -0.2) is 36.4 Å². The van der Waals surface area contributed by atoms with Gasteiger partial charge in [0.25, 0.3) is 0 Å². The third kappa shape index (κ3) is 4.01. The molecule has 0 rings (SSSR count). The second-order valence-electron chi connectivity index (χ2n) is 1.83. The summed E-state index contributed by atoms with van der Waals surface area (Å²) in [6.07, 6.45) is -0.495. The molecule has 8 heavy (non-hydrogen) atoms. The minimum absolute atomic E-state index is 0.265. The largest absolute Gasteiger partial charge is 0.390 e. The molecule has 4 heteroatoms. The maximum Gasteiger partial charge on any atom is 0.0802 e. The van der Waals surface area contributed by atoms with Gasteiger partial charge in [0.05, 0.1) is 6.10 Å². The molecule has 0 saturated carbocycles. The molecule has 0 spiro atoms. The molecule has 0 bridgehead atoms. The van der Waals surface area contributed by atoms with Crippen molar-refractivity contribution in [2.24, 2.45) is 11.6 Å².